The van der Waals surface area contributed by atoms with Gasteiger partial charge in [0.25, 0.3) is 17.7 Å². The van der Waals surface area contributed by atoms with E-state index in [2.05, 4.69) is 4.98 Å². The molecule has 0 atom stereocenters. The average molecular weight is 497 g/mol. The predicted octanol–water partition coefficient (Wildman–Crippen LogP) is 4.20. The molecule has 178 valence electrons. The molecule has 0 spiro atoms. The molecule has 9 heteroatoms. The molecule has 2 aromatic heterocycles. The molecule has 3 amide bonds. The van der Waals surface area contributed by atoms with Gasteiger partial charge >= 0.3 is 0 Å². The first-order chi connectivity index (χ1) is 17.5. The van der Waals surface area contributed by atoms with Crippen molar-refractivity contribution in [3.63, 3.8) is 0 Å². The fraction of sp³-hybridized carbons (Fsp3) is 0.148. The first-order valence-electron chi connectivity index (χ1n) is 11.4. The summed E-state index contributed by atoms with van der Waals surface area (Å²) in [5.74, 6) is -0.352. The van der Waals surface area contributed by atoms with E-state index in [1.54, 1.807) is 46.7 Å². The highest BCUT2D eigenvalue weighted by atomic mass is 32.1. The highest BCUT2D eigenvalue weighted by Crippen LogP contribution is 2.39. The fourth-order valence-corrected chi connectivity index (χ4v) is 5.41. The Balaban J connectivity index is 1.29. The largest absolute Gasteiger partial charge is 0.482 e. The van der Waals surface area contributed by atoms with Crippen LogP contribution in [0.5, 0.6) is 5.75 Å². The molecule has 4 aromatic rings. The number of nitrogens with zero attached hydrogens (tertiary/aromatic N) is 4. The highest BCUT2D eigenvalue weighted by Gasteiger charge is 2.36. The fourth-order valence-electron chi connectivity index (χ4n) is 4.50. The molecular formula is C27H20N4O4S. The van der Waals surface area contributed by atoms with Crippen LogP contribution in [0.2, 0.25) is 0 Å². The summed E-state index contributed by atoms with van der Waals surface area (Å²) < 4.78 is 5.66. The van der Waals surface area contributed by atoms with E-state index >= 15 is 0 Å². The number of carbonyl (C=O) groups excluding carboxylic acids is 3. The molecule has 2 aromatic carbocycles. The number of pyridine rings is 1. The molecule has 2 aliphatic rings. The Morgan fingerprint density at radius 3 is 2.36 bits per heavy atom. The molecule has 0 aliphatic carbocycles. The molecule has 0 fully saturated rings. The minimum absolute atomic E-state index is 0.0846. The first kappa shape index (κ1) is 22.1. The molecule has 6 rings (SSSR count). The Hall–Kier alpha value is -4.37. The molecule has 0 saturated heterocycles. The number of amides is 3. The van der Waals surface area contributed by atoms with Crippen LogP contribution in [0.25, 0.3) is 22.0 Å². The Labute approximate surface area is 210 Å². The second kappa shape index (κ2) is 8.69. The van der Waals surface area contributed by atoms with E-state index in [1.807, 2.05) is 43.3 Å². The van der Waals surface area contributed by atoms with Gasteiger partial charge in [-0.25, -0.2) is 4.98 Å². The van der Waals surface area contributed by atoms with E-state index in [0.717, 1.165) is 26.8 Å². The third kappa shape index (κ3) is 3.64. The van der Waals surface area contributed by atoms with Crippen LogP contribution in [-0.2, 0) is 4.79 Å². The standard InChI is InChI=1S/C27H20N4O4S/c1-16-24(29-25(36-16)20-8-4-5-11-28-20)17-9-10-22-21(14-17)30(23(32)15-35-22)12-13-31-26(33)18-6-2-3-7-19(18)27(31)34/h2-11,14H,12-13,15H2,1H3. The third-order valence-corrected chi connectivity index (χ3v) is 7.27. The number of hydrogen-bond acceptors (Lipinski definition) is 7. The number of fused-ring (bicyclic) bond motifs is 2. The molecule has 4 heterocycles. The van der Waals surface area contributed by atoms with E-state index < -0.39 is 0 Å². The van der Waals surface area contributed by atoms with Crippen LogP contribution in [0.15, 0.2) is 66.9 Å². The minimum Gasteiger partial charge on any atom is -0.482 e. The number of anilines is 1. The molecular weight excluding hydrogens is 476 g/mol. The van der Waals surface area contributed by atoms with Crippen molar-refractivity contribution in [1.82, 2.24) is 14.9 Å². The predicted molar refractivity (Wildman–Crippen MR) is 135 cm³/mol. The van der Waals surface area contributed by atoms with Crippen molar-refractivity contribution in [3.8, 4) is 27.7 Å². The maximum atomic E-state index is 12.8. The van der Waals surface area contributed by atoms with Gasteiger partial charge in [0.05, 0.1) is 28.2 Å². The van der Waals surface area contributed by atoms with Crippen LogP contribution in [0.4, 0.5) is 5.69 Å². The summed E-state index contributed by atoms with van der Waals surface area (Å²) in [4.78, 5) is 51.4. The lowest BCUT2D eigenvalue weighted by atomic mass is 10.1. The lowest BCUT2D eigenvalue weighted by molar-refractivity contribution is -0.121. The number of thiazole rings is 1. The van der Waals surface area contributed by atoms with Gasteiger partial charge < -0.3 is 9.64 Å². The Morgan fingerprint density at radius 1 is 0.917 bits per heavy atom. The number of aromatic nitrogens is 2. The van der Waals surface area contributed by atoms with Crippen molar-refractivity contribution in [2.24, 2.45) is 0 Å². The molecule has 0 bridgehead atoms. The van der Waals surface area contributed by atoms with Gasteiger partial charge in [0.15, 0.2) is 6.61 Å². The van der Waals surface area contributed by atoms with Crippen LogP contribution in [0.3, 0.4) is 0 Å². The number of aryl methyl sites for hydroxylation is 1. The van der Waals surface area contributed by atoms with E-state index in [0.29, 0.717) is 22.6 Å². The summed E-state index contributed by atoms with van der Waals surface area (Å²) in [6.45, 7) is 2.15. The monoisotopic (exact) mass is 496 g/mol. The zero-order valence-corrected chi connectivity index (χ0v) is 20.1. The van der Waals surface area contributed by atoms with Crippen LogP contribution >= 0.6 is 11.3 Å². The van der Waals surface area contributed by atoms with Gasteiger partial charge in [-0.15, -0.1) is 11.3 Å². The van der Waals surface area contributed by atoms with Crippen LogP contribution in [0, 0.1) is 6.92 Å². The van der Waals surface area contributed by atoms with Crippen molar-refractivity contribution in [1.29, 1.82) is 0 Å². The molecule has 8 nitrogen and oxygen atoms in total. The number of benzene rings is 2. The highest BCUT2D eigenvalue weighted by molar-refractivity contribution is 7.15. The van der Waals surface area contributed by atoms with Gasteiger partial charge in [-0.05, 0) is 49.4 Å². The summed E-state index contributed by atoms with van der Waals surface area (Å²) in [6, 6.07) is 18.1. The van der Waals surface area contributed by atoms with Crippen molar-refractivity contribution in [2.75, 3.05) is 24.6 Å². The van der Waals surface area contributed by atoms with Crippen LogP contribution in [-0.4, -0.2) is 52.3 Å². The Bertz CT molecular complexity index is 1500. The average Bonchev–Trinajstić information content (AvgIpc) is 3.41. The zero-order valence-electron chi connectivity index (χ0n) is 19.3. The van der Waals surface area contributed by atoms with Crippen LogP contribution in [0.1, 0.15) is 25.6 Å². The third-order valence-electron chi connectivity index (χ3n) is 6.28. The topological polar surface area (TPSA) is 92.7 Å². The number of rotatable bonds is 5. The lowest BCUT2D eigenvalue weighted by Gasteiger charge is -2.30. The number of imide groups is 1. The van der Waals surface area contributed by atoms with Crippen molar-refractivity contribution in [3.05, 3.63) is 82.9 Å². The van der Waals surface area contributed by atoms with Gasteiger partial charge in [0.1, 0.15) is 10.8 Å². The lowest BCUT2D eigenvalue weighted by Crippen LogP contribution is -2.44. The van der Waals surface area contributed by atoms with Crippen LogP contribution < -0.4 is 9.64 Å². The minimum atomic E-state index is -0.342. The molecule has 2 aliphatic heterocycles. The van der Waals surface area contributed by atoms with Crippen molar-refractivity contribution in [2.45, 2.75) is 6.92 Å². The van der Waals surface area contributed by atoms with Gasteiger partial charge in [-0.3, -0.25) is 24.3 Å². The number of carbonyl (C=O) groups is 3. The maximum absolute atomic E-state index is 12.8. The van der Waals surface area contributed by atoms with Crippen molar-refractivity contribution < 1.29 is 19.1 Å². The zero-order chi connectivity index (χ0) is 24.8. The quantitative estimate of drug-likeness (QED) is 0.385. The van der Waals surface area contributed by atoms with Gasteiger partial charge in [-0.1, -0.05) is 18.2 Å². The van der Waals surface area contributed by atoms with Crippen molar-refractivity contribution >= 4 is 34.7 Å². The molecule has 36 heavy (non-hydrogen) atoms. The molecule has 0 N–H and O–H groups in total. The second-order valence-corrected chi connectivity index (χ2v) is 9.67. The Kier molecular flexibility index (Phi) is 5.34. The number of ether oxygens (including phenoxy) is 1. The molecule has 0 saturated carbocycles. The van der Waals surface area contributed by atoms with E-state index in [9.17, 15) is 14.4 Å². The molecule has 0 unspecified atom stereocenters. The molecule has 0 radical (unpaired) electrons. The van der Waals surface area contributed by atoms with Gasteiger partial charge in [0.2, 0.25) is 0 Å². The SMILES string of the molecule is Cc1sc(-c2ccccn2)nc1-c1ccc2c(c1)N(CCN1C(=O)c3ccccc3C1=O)C(=O)CO2. The summed E-state index contributed by atoms with van der Waals surface area (Å²) >= 11 is 1.56. The summed E-state index contributed by atoms with van der Waals surface area (Å²) in [7, 11) is 0. The summed E-state index contributed by atoms with van der Waals surface area (Å²) in [6.07, 6.45) is 1.74. The van der Waals surface area contributed by atoms with E-state index in [-0.39, 0.29) is 37.4 Å². The van der Waals surface area contributed by atoms with Gasteiger partial charge in [-0.2, -0.15) is 0 Å². The smallest absolute Gasteiger partial charge is 0.265 e. The summed E-state index contributed by atoms with van der Waals surface area (Å²) in [5.41, 5.74) is 3.82. The van der Waals surface area contributed by atoms with E-state index in [1.165, 1.54) is 4.90 Å². The normalized spacial score (nSPS) is 14.6. The maximum Gasteiger partial charge on any atom is 0.265 e. The first-order valence-corrected chi connectivity index (χ1v) is 12.2. The summed E-state index contributed by atoms with van der Waals surface area (Å²) in [5, 5.41) is 0.815. The van der Waals surface area contributed by atoms with Gasteiger partial charge in [0, 0.05) is 29.7 Å². The second-order valence-electron chi connectivity index (χ2n) is 8.46. The number of hydrogen-bond donors (Lipinski definition) is 0. The Morgan fingerprint density at radius 2 is 1.64 bits per heavy atom. The van der Waals surface area contributed by atoms with E-state index in [4.69, 9.17) is 9.72 Å².